The van der Waals surface area contributed by atoms with Crippen molar-refractivity contribution in [3.8, 4) is 0 Å². The van der Waals surface area contributed by atoms with Crippen LogP contribution in [0, 0.1) is 24.2 Å². The second-order valence-electron chi connectivity index (χ2n) is 8.50. The number of amides is 1. The molecule has 0 spiro atoms. The molecule has 4 rings (SSSR count). The number of carbonyl (C=O) groups is 1. The lowest BCUT2D eigenvalue weighted by atomic mass is 9.91. The number of rotatable bonds is 3. The summed E-state index contributed by atoms with van der Waals surface area (Å²) < 4.78 is 3.10. The summed E-state index contributed by atoms with van der Waals surface area (Å²) in [6, 6.07) is 5.24. The average Bonchev–Trinajstić information content (AvgIpc) is 2.70. The Morgan fingerprint density at radius 3 is 2.67 bits per heavy atom. The predicted molar refractivity (Wildman–Crippen MR) is 117 cm³/mol. The molecule has 0 saturated carbocycles. The molecule has 0 radical (unpaired) electrons. The summed E-state index contributed by atoms with van der Waals surface area (Å²) in [6.07, 6.45) is 4.42. The lowest BCUT2D eigenvalue weighted by Crippen LogP contribution is -2.45. The van der Waals surface area contributed by atoms with Crippen LogP contribution < -0.4 is 11.0 Å². The standard InChI is InChI=1S/C23H27N5O2/c1-5-8-27-19(24)17(22(29)26-12-14(2)10-15(3)13-26)11-18-21(27)25-20-16(4)7-6-9-28(20)23(18)30/h5-7,9,11,14-15,24H,1,8,10,12-13H2,2-4H3. The third-order valence-corrected chi connectivity index (χ3v) is 5.83. The maximum atomic E-state index is 13.4. The highest BCUT2D eigenvalue weighted by molar-refractivity contribution is 5.97. The quantitative estimate of drug-likeness (QED) is 0.537. The molecule has 1 amide bonds. The molecule has 7 nitrogen and oxygen atoms in total. The van der Waals surface area contributed by atoms with Gasteiger partial charge in [0.15, 0.2) is 0 Å². The molecule has 3 aromatic heterocycles. The first-order valence-electron chi connectivity index (χ1n) is 10.3. The largest absolute Gasteiger partial charge is 0.338 e. The summed E-state index contributed by atoms with van der Waals surface area (Å²) in [6.45, 7) is 11.6. The summed E-state index contributed by atoms with van der Waals surface area (Å²) in [5.74, 6) is 0.616. The molecule has 1 saturated heterocycles. The van der Waals surface area contributed by atoms with Crippen molar-refractivity contribution >= 4 is 22.6 Å². The number of allylic oxidation sites excluding steroid dienone is 1. The van der Waals surface area contributed by atoms with Crippen LogP contribution in [-0.2, 0) is 6.54 Å². The van der Waals surface area contributed by atoms with E-state index in [2.05, 4.69) is 25.4 Å². The Morgan fingerprint density at radius 2 is 2.00 bits per heavy atom. The zero-order chi connectivity index (χ0) is 21.6. The van der Waals surface area contributed by atoms with Gasteiger partial charge in [0.1, 0.15) is 16.8 Å². The van der Waals surface area contributed by atoms with E-state index in [1.165, 1.54) is 4.40 Å². The Kier molecular flexibility index (Phi) is 5.05. The molecular weight excluding hydrogens is 378 g/mol. The summed E-state index contributed by atoms with van der Waals surface area (Å²) in [7, 11) is 0. The van der Waals surface area contributed by atoms with Crippen molar-refractivity contribution < 1.29 is 4.79 Å². The maximum absolute atomic E-state index is 13.4. The minimum Gasteiger partial charge on any atom is -0.338 e. The van der Waals surface area contributed by atoms with Gasteiger partial charge in [0.05, 0.1) is 10.9 Å². The van der Waals surface area contributed by atoms with Gasteiger partial charge in [-0.2, -0.15) is 0 Å². The van der Waals surface area contributed by atoms with Crippen molar-refractivity contribution in [3.05, 3.63) is 64.0 Å². The molecule has 0 bridgehead atoms. The fourth-order valence-corrected chi connectivity index (χ4v) is 4.57. The number of aromatic nitrogens is 3. The fourth-order valence-electron chi connectivity index (χ4n) is 4.57. The van der Waals surface area contributed by atoms with E-state index in [-0.39, 0.29) is 29.1 Å². The first-order chi connectivity index (χ1) is 14.3. The molecule has 1 aliphatic rings. The van der Waals surface area contributed by atoms with E-state index in [9.17, 15) is 9.59 Å². The van der Waals surface area contributed by atoms with Crippen molar-refractivity contribution in [1.29, 1.82) is 5.41 Å². The monoisotopic (exact) mass is 405 g/mol. The van der Waals surface area contributed by atoms with Crippen LogP contribution in [0.3, 0.4) is 0 Å². The first-order valence-corrected chi connectivity index (χ1v) is 10.3. The molecule has 3 aromatic rings. The number of nitrogens with one attached hydrogen (secondary N) is 1. The van der Waals surface area contributed by atoms with Crippen LogP contribution in [0.4, 0.5) is 0 Å². The van der Waals surface area contributed by atoms with E-state index in [0.717, 1.165) is 12.0 Å². The van der Waals surface area contributed by atoms with Gasteiger partial charge >= 0.3 is 0 Å². The number of hydrogen-bond acceptors (Lipinski definition) is 4. The lowest BCUT2D eigenvalue weighted by Gasteiger charge is -2.35. The van der Waals surface area contributed by atoms with Gasteiger partial charge in [-0.05, 0) is 42.9 Å². The van der Waals surface area contributed by atoms with E-state index >= 15 is 0 Å². The summed E-state index contributed by atoms with van der Waals surface area (Å²) >= 11 is 0. The second-order valence-corrected chi connectivity index (χ2v) is 8.50. The minimum absolute atomic E-state index is 0.0584. The Balaban J connectivity index is 1.99. The Hall–Kier alpha value is -3.22. The SMILES string of the molecule is C=CCn1c(=N)c(C(=O)N2CC(C)CC(C)C2)cc2c(=O)n3cccc(C)c3nc21. The van der Waals surface area contributed by atoms with E-state index in [1.54, 1.807) is 29.0 Å². The van der Waals surface area contributed by atoms with E-state index < -0.39 is 0 Å². The van der Waals surface area contributed by atoms with Gasteiger partial charge in [0.25, 0.3) is 11.5 Å². The summed E-state index contributed by atoms with van der Waals surface area (Å²) in [4.78, 5) is 33.1. The fraction of sp³-hybridized carbons (Fsp3) is 0.391. The van der Waals surface area contributed by atoms with Crippen LogP contribution in [0.15, 0.2) is 41.8 Å². The molecule has 156 valence electrons. The number of piperidine rings is 1. The molecular formula is C23H27N5O2. The van der Waals surface area contributed by atoms with Gasteiger partial charge < -0.3 is 9.47 Å². The number of carbonyl (C=O) groups excluding carboxylic acids is 1. The average molecular weight is 406 g/mol. The molecule has 0 aliphatic carbocycles. The van der Waals surface area contributed by atoms with Crippen molar-refractivity contribution in [1.82, 2.24) is 18.9 Å². The van der Waals surface area contributed by atoms with Crippen LogP contribution in [0.1, 0.15) is 36.2 Å². The Labute approximate surface area is 174 Å². The van der Waals surface area contributed by atoms with E-state index in [0.29, 0.717) is 41.6 Å². The van der Waals surface area contributed by atoms with Crippen LogP contribution >= 0.6 is 0 Å². The first kappa shape index (κ1) is 20.1. The normalized spacial score (nSPS) is 19.4. The van der Waals surface area contributed by atoms with Gasteiger partial charge in [-0.15, -0.1) is 6.58 Å². The highest BCUT2D eigenvalue weighted by atomic mass is 16.2. The number of nitrogens with zero attached hydrogens (tertiary/aromatic N) is 4. The molecule has 0 aromatic carbocycles. The van der Waals surface area contributed by atoms with E-state index in [1.807, 2.05) is 17.9 Å². The molecule has 4 heterocycles. The molecule has 1 N–H and O–H groups in total. The number of pyridine rings is 2. The molecule has 7 heteroatoms. The van der Waals surface area contributed by atoms with Crippen LogP contribution in [-0.4, -0.2) is 37.8 Å². The Morgan fingerprint density at radius 1 is 1.30 bits per heavy atom. The maximum Gasteiger partial charge on any atom is 0.267 e. The molecule has 30 heavy (non-hydrogen) atoms. The topological polar surface area (TPSA) is 83.5 Å². The molecule has 1 fully saturated rings. The zero-order valence-corrected chi connectivity index (χ0v) is 17.7. The van der Waals surface area contributed by atoms with E-state index in [4.69, 9.17) is 5.41 Å². The highest BCUT2D eigenvalue weighted by Crippen LogP contribution is 2.22. The third-order valence-electron chi connectivity index (χ3n) is 5.83. The van der Waals surface area contributed by atoms with Crippen molar-refractivity contribution in [3.63, 3.8) is 0 Å². The molecule has 2 atom stereocenters. The van der Waals surface area contributed by atoms with Gasteiger partial charge in [-0.1, -0.05) is 26.0 Å². The van der Waals surface area contributed by atoms with Crippen LogP contribution in [0.2, 0.25) is 0 Å². The summed E-state index contributed by atoms with van der Waals surface area (Å²) in [5.41, 5.74) is 1.86. The molecule has 2 unspecified atom stereocenters. The Bertz CT molecular complexity index is 1280. The van der Waals surface area contributed by atoms with Crippen LogP contribution in [0.5, 0.6) is 0 Å². The predicted octanol–water partition coefficient (Wildman–Crippen LogP) is 2.74. The van der Waals surface area contributed by atoms with Crippen molar-refractivity contribution in [2.24, 2.45) is 11.8 Å². The van der Waals surface area contributed by atoms with Gasteiger partial charge in [0, 0.05) is 25.8 Å². The second kappa shape index (κ2) is 7.55. The van der Waals surface area contributed by atoms with Crippen molar-refractivity contribution in [2.45, 2.75) is 33.7 Å². The van der Waals surface area contributed by atoms with Crippen molar-refractivity contribution in [2.75, 3.05) is 13.1 Å². The number of aryl methyl sites for hydroxylation is 1. The number of likely N-dealkylation sites (tertiary alicyclic amines) is 1. The van der Waals surface area contributed by atoms with Gasteiger partial charge in [-0.3, -0.25) is 19.4 Å². The van der Waals surface area contributed by atoms with Gasteiger partial charge in [-0.25, -0.2) is 4.98 Å². The number of fused-ring (bicyclic) bond motifs is 2. The van der Waals surface area contributed by atoms with Gasteiger partial charge in [0.2, 0.25) is 0 Å². The lowest BCUT2D eigenvalue weighted by molar-refractivity contribution is 0.0620. The zero-order valence-electron chi connectivity index (χ0n) is 17.7. The number of hydrogen-bond donors (Lipinski definition) is 1. The highest BCUT2D eigenvalue weighted by Gasteiger charge is 2.28. The minimum atomic E-state index is -0.244. The molecule has 1 aliphatic heterocycles. The third kappa shape index (κ3) is 3.24. The smallest absolute Gasteiger partial charge is 0.267 e. The summed E-state index contributed by atoms with van der Waals surface area (Å²) in [5, 5.41) is 9.06. The van der Waals surface area contributed by atoms with Crippen LogP contribution in [0.25, 0.3) is 16.7 Å².